The largest absolute Gasteiger partial charge is 0.370 e. The second kappa shape index (κ2) is 7.49. The molecule has 0 fully saturated rings. The Morgan fingerprint density at radius 3 is 2.80 bits per heavy atom. The molecule has 2 aromatic rings. The van der Waals surface area contributed by atoms with E-state index in [0.717, 1.165) is 30.2 Å². The molecule has 1 aromatic carbocycles. The molecule has 0 radical (unpaired) electrons. The van der Waals surface area contributed by atoms with Crippen molar-refractivity contribution in [1.29, 1.82) is 0 Å². The van der Waals surface area contributed by atoms with Crippen LogP contribution in [0.25, 0.3) is 10.9 Å². The smallest absolute Gasteiger partial charge is 0.129 e. The molecule has 0 saturated heterocycles. The van der Waals surface area contributed by atoms with E-state index < -0.39 is 0 Å². The van der Waals surface area contributed by atoms with Gasteiger partial charge in [0.15, 0.2) is 0 Å². The average Bonchev–Trinajstić information content (AvgIpc) is 2.45. The molecule has 1 unspecified atom stereocenters. The van der Waals surface area contributed by atoms with Gasteiger partial charge in [-0.05, 0) is 43.4 Å². The maximum absolute atomic E-state index is 5.88. The molecule has 0 bridgehead atoms. The minimum Gasteiger partial charge on any atom is -0.370 e. The number of hydrogen-bond acceptors (Lipinski definition) is 2. The second-order valence-corrected chi connectivity index (χ2v) is 5.74. The lowest BCUT2D eigenvalue weighted by molar-refractivity contribution is 0.489. The number of alkyl halides is 1. The summed E-state index contributed by atoms with van der Waals surface area (Å²) in [7, 11) is 0. The number of aryl methyl sites for hydroxylation is 1. The number of fused-ring (bicyclic) bond motifs is 1. The molecule has 0 amide bonds. The number of para-hydroxylation sites is 1. The number of aromatic nitrogens is 1. The molecule has 108 valence electrons. The molecule has 3 heteroatoms. The van der Waals surface area contributed by atoms with Gasteiger partial charge in [-0.2, -0.15) is 0 Å². The van der Waals surface area contributed by atoms with Crippen molar-refractivity contribution in [2.45, 2.75) is 33.1 Å². The molecule has 0 spiro atoms. The van der Waals surface area contributed by atoms with E-state index in [2.05, 4.69) is 37.4 Å². The molecular weight excluding hydrogens is 268 g/mol. The second-order valence-electron chi connectivity index (χ2n) is 5.36. The summed E-state index contributed by atoms with van der Waals surface area (Å²) in [4.78, 5) is 4.72. The minimum absolute atomic E-state index is 0.630. The van der Waals surface area contributed by atoms with E-state index in [4.69, 9.17) is 16.6 Å². The maximum atomic E-state index is 5.88. The topological polar surface area (TPSA) is 24.9 Å². The summed E-state index contributed by atoms with van der Waals surface area (Å²) >= 11 is 5.88. The summed E-state index contributed by atoms with van der Waals surface area (Å²) in [5, 5.41) is 4.70. The van der Waals surface area contributed by atoms with Crippen molar-refractivity contribution in [3.8, 4) is 0 Å². The third-order valence-electron chi connectivity index (χ3n) is 3.69. The number of benzene rings is 1. The zero-order chi connectivity index (χ0) is 14.4. The highest BCUT2D eigenvalue weighted by Crippen LogP contribution is 2.21. The minimum atomic E-state index is 0.630. The van der Waals surface area contributed by atoms with Crippen LogP contribution in [-0.2, 0) is 0 Å². The maximum Gasteiger partial charge on any atom is 0.129 e. The van der Waals surface area contributed by atoms with E-state index in [1.807, 2.05) is 12.1 Å². The first-order valence-corrected chi connectivity index (χ1v) is 7.94. The number of pyridine rings is 1. The number of halogens is 1. The van der Waals surface area contributed by atoms with Crippen molar-refractivity contribution < 1.29 is 0 Å². The fraction of sp³-hybridized carbons (Fsp3) is 0.471. The highest BCUT2D eigenvalue weighted by molar-refractivity contribution is 6.17. The molecule has 1 N–H and O–H groups in total. The van der Waals surface area contributed by atoms with Crippen molar-refractivity contribution in [1.82, 2.24) is 4.98 Å². The Labute approximate surface area is 126 Å². The summed E-state index contributed by atoms with van der Waals surface area (Å²) in [6.07, 6.45) is 3.48. The fourth-order valence-corrected chi connectivity index (χ4v) is 2.86. The third kappa shape index (κ3) is 3.86. The number of rotatable bonds is 7. The molecule has 0 aliphatic carbocycles. The first kappa shape index (κ1) is 15.1. The predicted octanol–water partition coefficient (Wildman–Crippen LogP) is 5.00. The molecule has 0 saturated carbocycles. The Hall–Kier alpha value is -1.28. The van der Waals surface area contributed by atoms with E-state index in [1.165, 1.54) is 23.8 Å². The van der Waals surface area contributed by atoms with Crippen LogP contribution >= 0.6 is 11.6 Å². The molecule has 1 atom stereocenters. The van der Waals surface area contributed by atoms with Gasteiger partial charge in [0.05, 0.1) is 5.52 Å². The van der Waals surface area contributed by atoms with Crippen LogP contribution < -0.4 is 5.32 Å². The van der Waals surface area contributed by atoms with Gasteiger partial charge in [0.25, 0.3) is 0 Å². The van der Waals surface area contributed by atoms with E-state index in [1.54, 1.807) is 0 Å². The Morgan fingerprint density at radius 1 is 1.25 bits per heavy atom. The SMILES string of the molecule is CCCC(CCCl)CNc1nc2ccccc2cc1C. The van der Waals surface area contributed by atoms with Crippen LogP contribution in [-0.4, -0.2) is 17.4 Å². The standard InChI is InChI=1S/C17H23ClN2/c1-3-6-14(9-10-18)12-19-17-13(2)11-15-7-4-5-8-16(15)20-17/h4-5,7-8,11,14H,3,6,9-10,12H2,1-2H3,(H,19,20). The van der Waals surface area contributed by atoms with Gasteiger partial charge < -0.3 is 5.32 Å². The number of hydrogen-bond donors (Lipinski definition) is 1. The molecule has 2 rings (SSSR count). The summed E-state index contributed by atoms with van der Waals surface area (Å²) in [6.45, 7) is 5.28. The summed E-state index contributed by atoms with van der Waals surface area (Å²) < 4.78 is 0. The van der Waals surface area contributed by atoms with Gasteiger partial charge in [0.1, 0.15) is 5.82 Å². The van der Waals surface area contributed by atoms with Crippen LogP contribution in [0.5, 0.6) is 0 Å². The lowest BCUT2D eigenvalue weighted by Crippen LogP contribution is -2.16. The molecule has 20 heavy (non-hydrogen) atoms. The Balaban J connectivity index is 2.10. The Kier molecular flexibility index (Phi) is 5.66. The molecule has 0 aliphatic rings. The van der Waals surface area contributed by atoms with Crippen molar-refractivity contribution in [2.75, 3.05) is 17.7 Å². The van der Waals surface area contributed by atoms with Crippen molar-refractivity contribution >= 4 is 28.3 Å². The van der Waals surface area contributed by atoms with E-state index >= 15 is 0 Å². The van der Waals surface area contributed by atoms with Crippen LogP contribution in [0.2, 0.25) is 0 Å². The molecule has 0 aliphatic heterocycles. The van der Waals surface area contributed by atoms with Gasteiger partial charge in [0, 0.05) is 17.8 Å². The van der Waals surface area contributed by atoms with Crippen molar-refractivity contribution in [3.63, 3.8) is 0 Å². The van der Waals surface area contributed by atoms with Gasteiger partial charge >= 0.3 is 0 Å². The van der Waals surface area contributed by atoms with E-state index in [9.17, 15) is 0 Å². The quantitative estimate of drug-likeness (QED) is 0.726. The first-order valence-electron chi connectivity index (χ1n) is 7.40. The normalized spacial score (nSPS) is 12.6. The van der Waals surface area contributed by atoms with Gasteiger partial charge in [-0.15, -0.1) is 11.6 Å². The highest BCUT2D eigenvalue weighted by atomic mass is 35.5. The van der Waals surface area contributed by atoms with Crippen molar-refractivity contribution in [2.24, 2.45) is 5.92 Å². The highest BCUT2D eigenvalue weighted by Gasteiger charge is 2.09. The van der Waals surface area contributed by atoms with E-state index in [-0.39, 0.29) is 0 Å². The van der Waals surface area contributed by atoms with Crippen LogP contribution in [0.3, 0.4) is 0 Å². The Bertz CT molecular complexity index is 548. The van der Waals surface area contributed by atoms with Crippen molar-refractivity contribution in [3.05, 3.63) is 35.9 Å². The third-order valence-corrected chi connectivity index (χ3v) is 3.91. The molecule has 1 aromatic heterocycles. The predicted molar refractivity (Wildman–Crippen MR) is 88.7 cm³/mol. The average molecular weight is 291 g/mol. The van der Waals surface area contributed by atoms with Gasteiger partial charge in [-0.3, -0.25) is 0 Å². The van der Waals surface area contributed by atoms with Gasteiger partial charge in [-0.25, -0.2) is 4.98 Å². The van der Waals surface area contributed by atoms with Gasteiger partial charge in [0.2, 0.25) is 0 Å². The molecular formula is C17H23ClN2. The van der Waals surface area contributed by atoms with Crippen LogP contribution in [0, 0.1) is 12.8 Å². The van der Waals surface area contributed by atoms with Gasteiger partial charge in [-0.1, -0.05) is 31.5 Å². The Morgan fingerprint density at radius 2 is 2.05 bits per heavy atom. The zero-order valence-corrected chi connectivity index (χ0v) is 13.1. The van der Waals surface area contributed by atoms with Crippen LogP contribution in [0.4, 0.5) is 5.82 Å². The number of anilines is 1. The lowest BCUT2D eigenvalue weighted by atomic mass is 10.0. The summed E-state index contributed by atoms with van der Waals surface area (Å²) in [5.41, 5.74) is 2.25. The van der Waals surface area contributed by atoms with Crippen LogP contribution in [0.1, 0.15) is 31.7 Å². The molecule has 1 heterocycles. The summed E-state index contributed by atoms with van der Waals surface area (Å²) in [6, 6.07) is 10.4. The monoisotopic (exact) mass is 290 g/mol. The first-order chi connectivity index (χ1) is 9.74. The van der Waals surface area contributed by atoms with Crippen LogP contribution in [0.15, 0.2) is 30.3 Å². The number of nitrogens with zero attached hydrogens (tertiary/aromatic N) is 1. The lowest BCUT2D eigenvalue weighted by Gasteiger charge is -2.17. The van der Waals surface area contributed by atoms with E-state index in [0.29, 0.717) is 5.92 Å². The molecule has 2 nitrogen and oxygen atoms in total. The zero-order valence-electron chi connectivity index (χ0n) is 12.3. The number of nitrogens with one attached hydrogen (secondary N) is 1. The fourth-order valence-electron chi connectivity index (χ4n) is 2.55. The summed E-state index contributed by atoms with van der Waals surface area (Å²) in [5.74, 6) is 2.36.